The summed E-state index contributed by atoms with van der Waals surface area (Å²) in [6.07, 6.45) is 1.30. The lowest BCUT2D eigenvalue weighted by molar-refractivity contribution is -0.168. The van der Waals surface area contributed by atoms with Gasteiger partial charge in [-0.2, -0.15) is 0 Å². The summed E-state index contributed by atoms with van der Waals surface area (Å²) in [4.78, 5) is 24.4. The molecule has 5 heteroatoms. The average molecular weight is 311 g/mol. The second-order valence-corrected chi connectivity index (χ2v) is 5.95. The SMILES string of the molecule is CCCC1(C(=O)OC)CC(=O)OC1(C)c1ccc(Cl)cc1. The molecule has 0 radical (unpaired) electrons. The number of benzene rings is 1. The van der Waals surface area contributed by atoms with Crippen molar-refractivity contribution < 1.29 is 19.1 Å². The summed E-state index contributed by atoms with van der Waals surface area (Å²) in [5.41, 5.74) is -1.30. The maximum Gasteiger partial charge on any atom is 0.316 e. The number of rotatable bonds is 4. The van der Waals surface area contributed by atoms with Gasteiger partial charge >= 0.3 is 11.9 Å². The molecule has 1 fully saturated rings. The Kier molecular flexibility index (Phi) is 4.28. The van der Waals surface area contributed by atoms with E-state index in [4.69, 9.17) is 21.1 Å². The standard InChI is InChI=1S/C16H19ClO4/c1-4-9-16(14(19)20-3)10-13(18)21-15(16,2)11-5-7-12(17)8-6-11/h5-8H,4,9-10H2,1-3H3. The zero-order valence-corrected chi connectivity index (χ0v) is 13.2. The molecule has 4 nitrogen and oxygen atoms in total. The Morgan fingerprint density at radius 3 is 2.52 bits per heavy atom. The van der Waals surface area contributed by atoms with Gasteiger partial charge in [-0.15, -0.1) is 0 Å². The maximum atomic E-state index is 12.4. The fourth-order valence-electron chi connectivity index (χ4n) is 3.20. The van der Waals surface area contributed by atoms with Crippen molar-refractivity contribution in [1.29, 1.82) is 0 Å². The van der Waals surface area contributed by atoms with E-state index >= 15 is 0 Å². The Bertz CT molecular complexity index is 554. The largest absolute Gasteiger partial charge is 0.468 e. The van der Waals surface area contributed by atoms with Crippen molar-refractivity contribution in [2.45, 2.75) is 38.7 Å². The number of halogens is 1. The van der Waals surface area contributed by atoms with Crippen LogP contribution in [0, 0.1) is 5.41 Å². The van der Waals surface area contributed by atoms with E-state index in [1.807, 2.05) is 6.92 Å². The average Bonchev–Trinajstić information content (AvgIpc) is 2.71. The quantitative estimate of drug-likeness (QED) is 0.799. The molecule has 2 atom stereocenters. The summed E-state index contributed by atoms with van der Waals surface area (Å²) in [5, 5.41) is 0.589. The molecule has 0 amide bonds. The van der Waals surface area contributed by atoms with Crippen LogP contribution in [0.3, 0.4) is 0 Å². The third-order valence-corrected chi connectivity index (χ3v) is 4.58. The summed E-state index contributed by atoms with van der Waals surface area (Å²) in [7, 11) is 1.34. The van der Waals surface area contributed by atoms with Gasteiger partial charge in [-0.25, -0.2) is 0 Å². The molecule has 0 saturated carbocycles. The molecule has 0 bridgehead atoms. The van der Waals surface area contributed by atoms with Gasteiger partial charge in [0, 0.05) is 5.02 Å². The summed E-state index contributed by atoms with van der Waals surface area (Å²) >= 11 is 5.92. The first-order chi connectivity index (χ1) is 9.89. The molecule has 0 N–H and O–H groups in total. The van der Waals surface area contributed by atoms with E-state index in [0.29, 0.717) is 11.4 Å². The van der Waals surface area contributed by atoms with Crippen LogP contribution in [0.1, 0.15) is 38.7 Å². The van der Waals surface area contributed by atoms with Gasteiger partial charge in [0.15, 0.2) is 5.60 Å². The molecular weight excluding hydrogens is 292 g/mol. The summed E-state index contributed by atoms with van der Waals surface area (Å²) in [6.45, 7) is 3.74. The van der Waals surface area contributed by atoms with Gasteiger partial charge in [0.05, 0.1) is 13.5 Å². The number of esters is 2. The van der Waals surface area contributed by atoms with Crippen LogP contribution in [0.2, 0.25) is 5.02 Å². The van der Waals surface area contributed by atoms with Crippen molar-refractivity contribution in [3.05, 3.63) is 34.9 Å². The van der Waals surface area contributed by atoms with E-state index in [0.717, 1.165) is 12.0 Å². The number of carbonyl (C=O) groups is 2. The lowest BCUT2D eigenvalue weighted by atomic mass is 9.66. The molecule has 1 aromatic carbocycles. The van der Waals surface area contributed by atoms with Crippen LogP contribution in [0.4, 0.5) is 0 Å². The van der Waals surface area contributed by atoms with E-state index in [1.165, 1.54) is 7.11 Å². The zero-order chi connectivity index (χ0) is 15.7. The van der Waals surface area contributed by atoms with E-state index in [2.05, 4.69) is 0 Å². The predicted octanol–water partition coefficient (Wildman–Crippen LogP) is 3.46. The van der Waals surface area contributed by atoms with Gasteiger partial charge in [0.1, 0.15) is 5.41 Å². The first-order valence-corrected chi connectivity index (χ1v) is 7.33. The lowest BCUT2D eigenvalue weighted by Crippen LogP contribution is -2.46. The summed E-state index contributed by atoms with van der Waals surface area (Å²) in [6, 6.07) is 7.02. The Morgan fingerprint density at radius 1 is 1.38 bits per heavy atom. The third kappa shape index (κ3) is 2.42. The van der Waals surface area contributed by atoms with Gasteiger partial charge in [-0.1, -0.05) is 37.1 Å². The van der Waals surface area contributed by atoms with Crippen LogP contribution in [-0.2, 0) is 24.7 Å². The number of methoxy groups -OCH3 is 1. The number of carbonyl (C=O) groups excluding carboxylic acids is 2. The topological polar surface area (TPSA) is 52.6 Å². The minimum Gasteiger partial charge on any atom is -0.468 e. The number of hydrogen-bond acceptors (Lipinski definition) is 4. The molecule has 1 aliphatic rings. The van der Waals surface area contributed by atoms with Crippen LogP contribution in [0.15, 0.2) is 24.3 Å². The van der Waals surface area contributed by atoms with Gasteiger partial charge in [-0.05, 0) is 31.0 Å². The summed E-state index contributed by atoms with van der Waals surface area (Å²) < 4.78 is 10.6. The van der Waals surface area contributed by atoms with Gasteiger partial charge in [0.25, 0.3) is 0 Å². The molecule has 0 aliphatic carbocycles. The van der Waals surface area contributed by atoms with Crippen molar-refractivity contribution in [2.24, 2.45) is 5.41 Å². The van der Waals surface area contributed by atoms with E-state index in [9.17, 15) is 9.59 Å². The highest BCUT2D eigenvalue weighted by molar-refractivity contribution is 6.30. The minimum atomic E-state index is -1.04. The Hall–Kier alpha value is -1.55. The van der Waals surface area contributed by atoms with Crippen LogP contribution in [0.25, 0.3) is 0 Å². The van der Waals surface area contributed by atoms with Crippen molar-refractivity contribution >= 4 is 23.5 Å². The molecule has 1 aliphatic heterocycles. The molecule has 1 aromatic rings. The van der Waals surface area contributed by atoms with Crippen molar-refractivity contribution in [3.63, 3.8) is 0 Å². The zero-order valence-electron chi connectivity index (χ0n) is 12.4. The highest BCUT2D eigenvalue weighted by atomic mass is 35.5. The monoisotopic (exact) mass is 310 g/mol. The van der Waals surface area contributed by atoms with Crippen LogP contribution in [0.5, 0.6) is 0 Å². The molecule has 0 spiro atoms. The van der Waals surface area contributed by atoms with E-state index in [-0.39, 0.29) is 12.4 Å². The molecule has 2 unspecified atom stereocenters. The fourth-order valence-corrected chi connectivity index (χ4v) is 3.32. The highest BCUT2D eigenvalue weighted by Gasteiger charge is 2.63. The van der Waals surface area contributed by atoms with Gasteiger partial charge < -0.3 is 9.47 Å². The number of ether oxygens (including phenoxy) is 2. The normalized spacial score (nSPS) is 28.3. The highest BCUT2D eigenvalue weighted by Crippen LogP contribution is 2.54. The van der Waals surface area contributed by atoms with Crippen molar-refractivity contribution in [3.8, 4) is 0 Å². The fraction of sp³-hybridized carbons (Fsp3) is 0.500. The second-order valence-electron chi connectivity index (χ2n) is 5.51. The summed E-state index contributed by atoms with van der Waals surface area (Å²) in [5.74, 6) is -0.793. The van der Waals surface area contributed by atoms with Crippen LogP contribution in [-0.4, -0.2) is 19.0 Å². The molecule has 1 saturated heterocycles. The lowest BCUT2D eigenvalue weighted by Gasteiger charge is -2.39. The van der Waals surface area contributed by atoms with Gasteiger partial charge in [-0.3, -0.25) is 9.59 Å². The minimum absolute atomic E-state index is 0.0344. The van der Waals surface area contributed by atoms with Crippen molar-refractivity contribution in [2.75, 3.05) is 7.11 Å². The third-order valence-electron chi connectivity index (χ3n) is 4.33. The Morgan fingerprint density at radius 2 is 2.00 bits per heavy atom. The molecule has 0 aromatic heterocycles. The Balaban J connectivity index is 2.58. The van der Waals surface area contributed by atoms with Crippen LogP contribution >= 0.6 is 11.6 Å². The maximum absolute atomic E-state index is 12.4. The predicted molar refractivity (Wildman–Crippen MR) is 78.9 cm³/mol. The molecule has 21 heavy (non-hydrogen) atoms. The van der Waals surface area contributed by atoms with Crippen LogP contribution < -0.4 is 0 Å². The van der Waals surface area contributed by atoms with Crippen molar-refractivity contribution in [1.82, 2.24) is 0 Å². The first-order valence-electron chi connectivity index (χ1n) is 6.96. The van der Waals surface area contributed by atoms with E-state index in [1.54, 1.807) is 31.2 Å². The van der Waals surface area contributed by atoms with E-state index < -0.39 is 17.0 Å². The Labute approximate surface area is 129 Å². The number of cyclic esters (lactones) is 1. The smallest absolute Gasteiger partial charge is 0.316 e. The first kappa shape index (κ1) is 15.8. The second kappa shape index (κ2) is 5.68. The molecular formula is C16H19ClO4. The molecule has 114 valence electrons. The molecule has 1 heterocycles. The number of hydrogen-bond donors (Lipinski definition) is 0. The van der Waals surface area contributed by atoms with Gasteiger partial charge in [0.2, 0.25) is 0 Å². The molecule has 2 rings (SSSR count).